The minimum absolute atomic E-state index is 0.0279. The van der Waals surface area contributed by atoms with Crippen LogP contribution >= 0.6 is 15.9 Å². The fourth-order valence-electron chi connectivity index (χ4n) is 2.32. The first-order chi connectivity index (χ1) is 10.0. The van der Waals surface area contributed by atoms with Crippen molar-refractivity contribution in [1.82, 2.24) is 0 Å². The Balaban J connectivity index is 2.21. The van der Waals surface area contributed by atoms with E-state index in [0.29, 0.717) is 5.92 Å². The lowest BCUT2D eigenvalue weighted by Crippen LogP contribution is -1.97. The molecule has 0 amide bonds. The van der Waals surface area contributed by atoms with Gasteiger partial charge in [0, 0.05) is 0 Å². The van der Waals surface area contributed by atoms with E-state index in [9.17, 15) is 4.39 Å². The van der Waals surface area contributed by atoms with Crippen LogP contribution in [0.2, 0.25) is 0 Å². The number of halogens is 2. The Morgan fingerprint density at radius 3 is 2.24 bits per heavy atom. The molecule has 0 saturated heterocycles. The van der Waals surface area contributed by atoms with Crippen molar-refractivity contribution >= 4 is 15.9 Å². The number of hydrogen-bond acceptors (Lipinski definition) is 1. The highest BCUT2D eigenvalue weighted by Gasteiger charge is 2.13. The summed E-state index contributed by atoms with van der Waals surface area (Å²) in [5.74, 6) is 0.582. The topological polar surface area (TPSA) is 9.23 Å². The van der Waals surface area contributed by atoms with Gasteiger partial charge in [-0.2, -0.15) is 0 Å². The van der Waals surface area contributed by atoms with Gasteiger partial charge in [-0.15, -0.1) is 0 Å². The summed E-state index contributed by atoms with van der Waals surface area (Å²) < 4.78 is 18.5. The molecule has 0 bridgehead atoms. The van der Waals surface area contributed by atoms with Gasteiger partial charge < -0.3 is 4.74 Å². The lowest BCUT2D eigenvalue weighted by atomic mass is 9.99. The molecule has 2 aromatic rings. The SMILES string of the molecule is COc1cc(C(Br)c2ccc(CC(C)C)cc2)ccc1F. The van der Waals surface area contributed by atoms with Crippen LogP contribution in [0.15, 0.2) is 42.5 Å². The first kappa shape index (κ1) is 16.0. The van der Waals surface area contributed by atoms with E-state index in [1.165, 1.54) is 18.7 Å². The second-order valence-corrected chi connectivity index (χ2v) is 6.51. The fraction of sp³-hybridized carbons (Fsp3) is 0.333. The molecule has 0 N–H and O–H groups in total. The third-order valence-electron chi connectivity index (χ3n) is 3.38. The summed E-state index contributed by atoms with van der Waals surface area (Å²) in [5.41, 5.74) is 3.46. The Morgan fingerprint density at radius 1 is 1.05 bits per heavy atom. The number of benzene rings is 2. The van der Waals surface area contributed by atoms with Crippen molar-refractivity contribution in [3.8, 4) is 5.75 Å². The Kier molecular flexibility index (Phi) is 5.40. The van der Waals surface area contributed by atoms with Gasteiger partial charge in [-0.05, 0) is 41.2 Å². The molecule has 0 radical (unpaired) electrons. The molecule has 1 nitrogen and oxygen atoms in total. The summed E-state index contributed by atoms with van der Waals surface area (Å²) in [5, 5.41) is 0. The molecule has 0 saturated carbocycles. The summed E-state index contributed by atoms with van der Waals surface area (Å²) >= 11 is 3.68. The molecule has 0 aromatic heterocycles. The largest absolute Gasteiger partial charge is 0.494 e. The molecular formula is C18H20BrFO. The minimum Gasteiger partial charge on any atom is -0.494 e. The van der Waals surface area contributed by atoms with Crippen molar-refractivity contribution in [3.63, 3.8) is 0 Å². The first-order valence-electron chi connectivity index (χ1n) is 7.07. The van der Waals surface area contributed by atoms with E-state index < -0.39 is 0 Å². The van der Waals surface area contributed by atoms with Gasteiger partial charge in [-0.25, -0.2) is 4.39 Å². The maximum atomic E-state index is 13.5. The molecule has 0 aliphatic heterocycles. The normalized spacial score (nSPS) is 12.5. The van der Waals surface area contributed by atoms with Crippen LogP contribution in [0.25, 0.3) is 0 Å². The second-order valence-electron chi connectivity index (χ2n) is 5.60. The lowest BCUT2D eigenvalue weighted by molar-refractivity contribution is 0.386. The van der Waals surface area contributed by atoms with E-state index in [1.807, 2.05) is 0 Å². The first-order valence-corrected chi connectivity index (χ1v) is 7.99. The number of rotatable bonds is 5. The standard InChI is InChI=1S/C18H20BrFO/c1-12(2)10-13-4-6-14(7-5-13)18(19)15-8-9-16(20)17(11-15)21-3/h4-9,11-12,18H,10H2,1-3H3. The molecule has 2 aromatic carbocycles. The zero-order valence-electron chi connectivity index (χ0n) is 12.6. The molecule has 21 heavy (non-hydrogen) atoms. The molecule has 112 valence electrons. The van der Waals surface area contributed by atoms with Gasteiger partial charge in [0.2, 0.25) is 0 Å². The van der Waals surface area contributed by atoms with Crippen LogP contribution in [0.1, 0.15) is 35.4 Å². The van der Waals surface area contributed by atoms with E-state index >= 15 is 0 Å². The van der Waals surface area contributed by atoms with Crippen molar-refractivity contribution in [1.29, 1.82) is 0 Å². The molecule has 3 heteroatoms. The third kappa shape index (κ3) is 4.07. The molecule has 0 heterocycles. The van der Waals surface area contributed by atoms with Crippen LogP contribution in [0, 0.1) is 11.7 Å². The van der Waals surface area contributed by atoms with Crippen LogP contribution < -0.4 is 4.74 Å². The van der Waals surface area contributed by atoms with Crippen molar-refractivity contribution in [2.24, 2.45) is 5.92 Å². The van der Waals surface area contributed by atoms with E-state index in [2.05, 4.69) is 54.0 Å². The van der Waals surface area contributed by atoms with Crippen molar-refractivity contribution in [2.75, 3.05) is 7.11 Å². The Morgan fingerprint density at radius 2 is 1.67 bits per heavy atom. The number of methoxy groups -OCH3 is 1. The smallest absolute Gasteiger partial charge is 0.165 e. The summed E-state index contributed by atoms with van der Waals surface area (Å²) in [6, 6.07) is 13.5. The van der Waals surface area contributed by atoms with E-state index in [0.717, 1.165) is 17.5 Å². The average Bonchev–Trinajstić information content (AvgIpc) is 2.47. The molecule has 1 unspecified atom stereocenters. The molecule has 0 aliphatic rings. The van der Waals surface area contributed by atoms with Gasteiger partial charge in [0.05, 0.1) is 11.9 Å². The maximum absolute atomic E-state index is 13.5. The number of ether oxygens (including phenoxy) is 1. The molecule has 1 atom stereocenters. The van der Waals surface area contributed by atoms with Gasteiger partial charge in [-0.3, -0.25) is 0 Å². The zero-order chi connectivity index (χ0) is 15.4. The zero-order valence-corrected chi connectivity index (χ0v) is 14.2. The number of hydrogen-bond donors (Lipinski definition) is 0. The summed E-state index contributed by atoms with van der Waals surface area (Å²) in [6.07, 6.45) is 1.08. The van der Waals surface area contributed by atoms with Crippen LogP contribution in [0.5, 0.6) is 5.75 Å². The monoisotopic (exact) mass is 350 g/mol. The van der Waals surface area contributed by atoms with Gasteiger partial charge in [-0.1, -0.05) is 60.1 Å². The van der Waals surface area contributed by atoms with Crippen LogP contribution in [-0.4, -0.2) is 7.11 Å². The fourth-order valence-corrected chi connectivity index (χ4v) is 2.91. The molecular weight excluding hydrogens is 331 g/mol. The van der Waals surface area contributed by atoms with E-state index in [-0.39, 0.29) is 16.4 Å². The van der Waals surface area contributed by atoms with Crippen molar-refractivity contribution in [2.45, 2.75) is 25.1 Å². The predicted octanol–water partition coefficient (Wildman–Crippen LogP) is 5.52. The van der Waals surface area contributed by atoms with Crippen molar-refractivity contribution < 1.29 is 9.13 Å². The number of alkyl halides is 1. The van der Waals surface area contributed by atoms with Crippen LogP contribution in [0.3, 0.4) is 0 Å². The van der Waals surface area contributed by atoms with Gasteiger partial charge >= 0.3 is 0 Å². The highest BCUT2D eigenvalue weighted by Crippen LogP contribution is 2.33. The molecule has 0 fully saturated rings. The summed E-state index contributed by atoms with van der Waals surface area (Å²) in [6.45, 7) is 4.43. The summed E-state index contributed by atoms with van der Waals surface area (Å²) in [4.78, 5) is 0.0279. The Bertz CT molecular complexity index is 593. The van der Waals surface area contributed by atoms with Gasteiger partial charge in [0.25, 0.3) is 0 Å². The van der Waals surface area contributed by atoms with Gasteiger partial charge in [0.15, 0.2) is 11.6 Å². The average molecular weight is 351 g/mol. The second kappa shape index (κ2) is 7.08. The molecule has 0 aliphatic carbocycles. The molecule has 2 rings (SSSR count). The lowest BCUT2D eigenvalue weighted by Gasteiger charge is -2.13. The van der Waals surface area contributed by atoms with Crippen molar-refractivity contribution in [3.05, 3.63) is 65.0 Å². The summed E-state index contributed by atoms with van der Waals surface area (Å²) in [7, 11) is 1.48. The maximum Gasteiger partial charge on any atom is 0.165 e. The van der Waals surface area contributed by atoms with Crippen LogP contribution in [0.4, 0.5) is 4.39 Å². The predicted molar refractivity (Wildman–Crippen MR) is 88.7 cm³/mol. The molecule has 0 spiro atoms. The van der Waals surface area contributed by atoms with Gasteiger partial charge in [0.1, 0.15) is 0 Å². The van der Waals surface area contributed by atoms with E-state index in [1.54, 1.807) is 12.1 Å². The highest BCUT2D eigenvalue weighted by molar-refractivity contribution is 9.09. The minimum atomic E-state index is -0.340. The van der Waals surface area contributed by atoms with E-state index in [4.69, 9.17) is 4.74 Å². The van der Waals surface area contributed by atoms with Crippen LogP contribution in [-0.2, 0) is 6.42 Å². The quantitative estimate of drug-likeness (QED) is 0.645. The Labute approximate surface area is 134 Å². The highest BCUT2D eigenvalue weighted by atomic mass is 79.9. The Hall–Kier alpha value is -1.35. The third-order valence-corrected chi connectivity index (χ3v) is 4.44.